The number of ether oxygens (including phenoxy) is 1. The summed E-state index contributed by atoms with van der Waals surface area (Å²) < 4.78 is 5.14. The Morgan fingerprint density at radius 2 is 1.86 bits per heavy atom. The third-order valence-corrected chi connectivity index (χ3v) is 4.37. The third-order valence-electron chi connectivity index (χ3n) is 4.37. The number of nitrogens with one attached hydrogen (secondary N) is 1. The van der Waals surface area contributed by atoms with Gasteiger partial charge in [0.2, 0.25) is 5.91 Å². The monoisotopic (exact) mass is 357 g/mol. The first-order chi connectivity index (χ1) is 9.58. The molecule has 134 valence electrons. The fraction of sp³-hybridized carbons (Fsp3) is 0.933. The number of carbonyl (C=O) groups is 1. The number of likely N-dealkylation sites (N-methyl/N-ethyl adjacent to an activating group) is 1. The molecule has 7 heteroatoms. The predicted octanol–water partition coefficient (Wildman–Crippen LogP) is 1.82. The molecule has 0 aromatic rings. The normalized spacial score (nSPS) is 18.0. The van der Waals surface area contributed by atoms with E-state index >= 15 is 0 Å². The van der Waals surface area contributed by atoms with E-state index in [9.17, 15) is 4.79 Å². The van der Waals surface area contributed by atoms with E-state index in [-0.39, 0.29) is 36.8 Å². The summed E-state index contributed by atoms with van der Waals surface area (Å²) in [5, 5.41) is 3.04. The van der Waals surface area contributed by atoms with Gasteiger partial charge in [-0.25, -0.2) is 0 Å². The summed E-state index contributed by atoms with van der Waals surface area (Å²) in [4.78, 5) is 14.2. The molecule has 0 heterocycles. The largest absolute Gasteiger partial charge is 0.380 e. The van der Waals surface area contributed by atoms with Crippen molar-refractivity contribution < 1.29 is 9.53 Å². The topological polar surface area (TPSA) is 67.6 Å². The van der Waals surface area contributed by atoms with Crippen molar-refractivity contribution in [2.24, 2.45) is 11.7 Å². The van der Waals surface area contributed by atoms with Gasteiger partial charge in [0.1, 0.15) is 0 Å². The summed E-state index contributed by atoms with van der Waals surface area (Å²) in [7, 11) is 5.79. The minimum Gasteiger partial charge on any atom is -0.380 e. The zero-order valence-electron chi connectivity index (χ0n) is 14.0. The SMILES string of the molecule is COC(CN)CC(=O)NCC(C1CCCCC1)N(C)C.Cl.Cl. The summed E-state index contributed by atoms with van der Waals surface area (Å²) >= 11 is 0. The maximum absolute atomic E-state index is 11.9. The zero-order chi connectivity index (χ0) is 15.0. The highest BCUT2D eigenvalue weighted by molar-refractivity contribution is 5.85. The minimum atomic E-state index is -0.178. The van der Waals surface area contributed by atoms with Crippen molar-refractivity contribution in [3.63, 3.8) is 0 Å². The van der Waals surface area contributed by atoms with Crippen LogP contribution in [0.3, 0.4) is 0 Å². The van der Waals surface area contributed by atoms with Gasteiger partial charge < -0.3 is 20.7 Å². The average molecular weight is 358 g/mol. The number of nitrogens with two attached hydrogens (primary N) is 1. The molecule has 1 aliphatic carbocycles. The van der Waals surface area contributed by atoms with Crippen LogP contribution in [0.15, 0.2) is 0 Å². The maximum atomic E-state index is 11.9. The second-order valence-electron chi connectivity index (χ2n) is 6.03. The van der Waals surface area contributed by atoms with Crippen LogP contribution in [0.2, 0.25) is 0 Å². The van der Waals surface area contributed by atoms with Crippen LogP contribution in [-0.4, -0.2) is 57.2 Å². The van der Waals surface area contributed by atoms with Gasteiger partial charge in [-0.2, -0.15) is 0 Å². The van der Waals surface area contributed by atoms with Crippen molar-refractivity contribution >= 4 is 30.7 Å². The van der Waals surface area contributed by atoms with Gasteiger partial charge in [-0.15, -0.1) is 24.8 Å². The standard InChI is InChI=1S/C15H31N3O2.2ClH/c1-18(2)14(12-7-5-4-6-8-12)11-17-15(19)9-13(10-16)20-3;;/h12-14H,4-11,16H2,1-3H3,(H,17,19);2*1H. The van der Waals surface area contributed by atoms with Gasteiger partial charge in [-0.1, -0.05) is 19.3 Å². The number of halogens is 2. The van der Waals surface area contributed by atoms with E-state index in [1.807, 2.05) is 0 Å². The van der Waals surface area contributed by atoms with E-state index < -0.39 is 0 Å². The smallest absolute Gasteiger partial charge is 0.222 e. The third kappa shape index (κ3) is 8.53. The lowest BCUT2D eigenvalue weighted by Gasteiger charge is -2.35. The maximum Gasteiger partial charge on any atom is 0.222 e. The predicted molar refractivity (Wildman–Crippen MR) is 96.0 cm³/mol. The van der Waals surface area contributed by atoms with Crippen LogP contribution in [0.25, 0.3) is 0 Å². The second kappa shape index (κ2) is 13.4. The van der Waals surface area contributed by atoms with E-state index in [2.05, 4.69) is 24.3 Å². The summed E-state index contributed by atoms with van der Waals surface area (Å²) in [6.07, 6.45) is 6.73. The molecular weight excluding hydrogens is 325 g/mol. The van der Waals surface area contributed by atoms with Crippen LogP contribution in [0.1, 0.15) is 38.5 Å². The van der Waals surface area contributed by atoms with Crippen LogP contribution in [0, 0.1) is 5.92 Å². The molecule has 0 radical (unpaired) electrons. The van der Waals surface area contributed by atoms with Gasteiger partial charge in [-0.3, -0.25) is 4.79 Å². The lowest BCUT2D eigenvalue weighted by Crippen LogP contribution is -2.46. The summed E-state index contributed by atoms with van der Waals surface area (Å²) in [6.45, 7) is 1.10. The average Bonchev–Trinajstić information content (AvgIpc) is 2.45. The van der Waals surface area contributed by atoms with Crippen LogP contribution in [0.5, 0.6) is 0 Å². The highest BCUT2D eigenvalue weighted by Gasteiger charge is 2.25. The lowest BCUT2D eigenvalue weighted by atomic mass is 9.83. The first-order valence-corrected chi connectivity index (χ1v) is 7.74. The highest BCUT2D eigenvalue weighted by Crippen LogP contribution is 2.28. The molecule has 1 amide bonds. The van der Waals surface area contributed by atoms with Gasteiger partial charge >= 0.3 is 0 Å². The Bertz CT molecular complexity index is 284. The number of nitrogens with zero attached hydrogens (tertiary/aromatic N) is 1. The molecule has 1 aliphatic rings. The Morgan fingerprint density at radius 3 is 2.32 bits per heavy atom. The van der Waals surface area contributed by atoms with Crippen molar-refractivity contribution in [1.29, 1.82) is 0 Å². The Labute approximate surface area is 147 Å². The number of rotatable bonds is 8. The highest BCUT2D eigenvalue weighted by atomic mass is 35.5. The Morgan fingerprint density at radius 1 is 1.27 bits per heavy atom. The van der Waals surface area contributed by atoms with E-state index in [1.165, 1.54) is 32.1 Å². The first-order valence-electron chi connectivity index (χ1n) is 7.74. The van der Waals surface area contributed by atoms with Crippen LogP contribution < -0.4 is 11.1 Å². The molecule has 0 aliphatic heterocycles. The minimum absolute atomic E-state index is 0. The van der Waals surface area contributed by atoms with E-state index in [0.717, 1.165) is 6.54 Å². The molecular formula is C15H33Cl2N3O2. The number of amides is 1. The van der Waals surface area contributed by atoms with Crippen LogP contribution >= 0.6 is 24.8 Å². The molecule has 1 saturated carbocycles. The molecule has 5 nitrogen and oxygen atoms in total. The molecule has 2 atom stereocenters. The first kappa shape index (κ1) is 24.2. The summed E-state index contributed by atoms with van der Waals surface area (Å²) in [6, 6.07) is 0.429. The molecule has 1 fully saturated rings. The van der Waals surface area contributed by atoms with Crippen molar-refractivity contribution in [3.8, 4) is 0 Å². The molecule has 0 saturated heterocycles. The summed E-state index contributed by atoms with van der Waals surface area (Å²) in [5.41, 5.74) is 5.54. The second-order valence-corrected chi connectivity index (χ2v) is 6.03. The number of hydrogen-bond donors (Lipinski definition) is 2. The van der Waals surface area contributed by atoms with Crippen molar-refractivity contribution in [3.05, 3.63) is 0 Å². The summed E-state index contributed by atoms with van der Waals surface area (Å²) in [5.74, 6) is 0.733. The zero-order valence-corrected chi connectivity index (χ0v) is 15.7. The van der Waals surface area contributed by atoms with E-state index in [1.54, 1.807) is 7.11 Å². The molecule has 0 bridgehead atoms. The number of hydrogen-bond acceptors (Lipinski definition) is 4. The molecule has 0 aromatic carbocycles. The molecule has 2 unspecified atom stereocenters. The number of methoxy groups -OCH3 is 1. The van der Waals surface area contributed by atoms with E-state index in [4.69, 9.17) is 10.5 Å². The van der Waals surface area contributed by atoms with Crippen molar-refractivity contribution in [2.75, 3.05) is 34.3 Å². The van der Waals surface area contributed by atoms with Gasteiger partial charge in [0, 0.05) is 26.2 Å². The molecule has 22 heavy (non-hydrogen) atoms. The Kier molecular flexibility index (Phi) is 14.7. The fourth-order valence-electron chi connectivity index (χ4n) is 3.05. The lowest BCUT2D eigenvalue weighted by molar-refractivity contribution is -0.123. The van der Waals surface area contributed by atoms with Gasteiger partial charge in [0.05, 0.1) is 12.5 Å². The Hall–Kier alpha value is -0.0700. The van der Waals surface area contributed by atoms with Gasteiger partial charge in [0.15, 0.2) is 0 Å². The van der Waals surface area contributed by atoms with E-state index in [0.29, 0.717) is 24.9 Å². The molecule has 0 spiro atoms. The number of carbonyl (C=O) groups excluding carboxylic acids is 1. The van der Waals surface area contributed by atoms with Crippen LogP contribution in [-0.2, 0) is 9.53 Å². The molecule has 0 aromatic heterocycles. The Balaban J connectivity index is 0. The van der Waals surface area contributed by atoms with Crippen LogP contribution in [0.4, 0.5) is 0 Å². The quantitative estimate of drug-likeness (QED) is 0.695. The molecule has 3 N–H and O–H groups in total. The van der Waals surface area contributed by atoms with Gasteiger partial charge in [0.25, 0.3) is 0 Å². The molecule has 1 rings (SSSR count). The fourth-order valence-corrected chi connectivity index (χ4v) is 3.05. The van der Waals surface area contributed by atoms with Crippen molar-refractivity contribution in [1.82, 2.24) is 10.2 Å². The van der Waals surface area contributed by atoms with Gasteiger partial charge in [-0.05, 0) is 32.9 Å². The van der Waals surface area contributed by atoms with Crippen molar-refractivity contribution in [2.45, 2.75) is 50.7 Å².